The molecule has 0 saturated heterocycles. The fourth-order valence-electron chi connectivity index (χ4n) is 2.60. The van der Waals surface area contributed by atoms with Crippen molar-refractivity contribution in [2.45, 2.75) is 71.8 Å². The van der Waals surface area contributed by atoms with E-state index in [1.54, 1.807) is 7.11 Å². The van der Waals surface area contributed by atoms with E-state index < -0.39 is 0 Å². The smallest absolute Gasteiger partial charge is 0.113 e. The Morgan fingerprint density at radius 2 is 2.00 bits per heavy atom. The Morgan fingerprint density at radius 1 is 1.24 bits per heavy atom. The van der Waals surface area contributed by atoms with Gasteiger partial charge in [-0.15, -0.1) is 11.3 Å². The molecule has 0 aliphatic rings. The van der Waals surface area contributed by atoms with Crippen molar-refractivity contribution in [3.8, 4) is 0 Å². The van der Waals surface area contributed by atoms with E-state index in [1.807, 2.05) is 11.3 Å². The number of aromatic nitrogens is 1. The highest BCUT2D eigenvalue weighted by Crippen LogP contribution is 2.32. The largest absolute Gasteiger partial charge is 0.383 e. The monoisotopic (exact) mass is 312 g/mol. The molecule has 0 bridgehead atoms. The molecule has 0 fully saturated rings. The SMILES string of the molecule is CCCCCCC(C)(NCCOC)c1nc(CC)c(C)s1. The van der Waals surface area contributed by atoms with Crippen LogP contribution in [0, 0.1) is 6.92 Å². The number of hydrogen-bond acceptors (Lipinski definition) is 4. The molecule has 0 aliphatic carbocycles. The van der Waals surface area contributed by atoms with Gasteiger partial charge in [0.25, 0.3) is 0 Å². The van der Waals surface area contributed by atoms with Crippen molar-refractivity contribution in [1.29, 1.82) is 0 Å². The maximum Gasteiger partial charge on any atom is 0.113 e. The van der Waals surface area contributed by atoms with Crippen molar-refractivity contribution in [2.24, 2.45) is 0 Å². The van der Waals surface area contributed by atoms with Gasteiger partial charge in [-0.25, -0.2) is 4.98 Å². The number of thiazole rings is 1. The third-order valence-corrected chi connectivity index (χ3v) is 5.33. The lowest BCUT2D eigenvalue weighted by Gasteiger charge is -2.29. The number of nitrogens with one attached hydrogen (secondary N) is 1. The lowest BCUT2D eigenvalue weighted by molar-refractivity contribution is 0.183. The van der Waals surface area contributed by atoms with Crippen molar-refractivity contribution in [1.82, 2.24) is 10.3 Å². The molecular formula is C17H32N2OS. The molecule has 1 aromatic rings. The molecule has 1 heterocycles. The molecule has 3 nitrogen and oxygen atoms in total. The number of aryl methyl sites for hydroxylation is 2. The average Bonchev–Trinajstić information content (AvgIpc) is 2.86. The zero-order valence-corrected chi connectivity index (χ0v) is 15.2. The Morgan fingerprint density at radius 3 is 2.57 bits per heavy atom. The van der Waals surface area contributed by atoms with Crippen LogP contribution >= 0.6 is 11.3 Å². The summed E-state index contributed by atoms with van der Waals surface area (Å²) >= 11 is 1.85. The van der Waals surface area contributed by atoms with E-state index >= 15 is 0 Å². The molecule has 1 rings (SSSR count). The van der Waals surface area contributed by atoms with Gasteiger partial charge in [0.2, 0.25) is 0 Å². The van der Waals surface area contributed by atoms with E-state index in [1.165, 1.54) is 41.3 Å². The summed E-state index contributed by atoms with van der Waals surface area (Å²) in [6, 6.07) is 0. The zero-order chi connectivity index (χ0) is 15.7. The zero-order valence-electron chi connectivity index (χ0n) is 14.4. The van der Waals surface area contributed by atoms with Gasteiger partial charge in [0.1, 0.15) is 5.01 Å². The van der Waals surface area contributed by atoms with E-state index in [9.17, 15) is 0 Å². The highest BCUT2D eigenvalue weighted by atomic mass is 32.1. The predicted octanol–water partition coefficient (Wildman–Crippen LogP) is 4.44. The van der Waals surface area contributed by atoms with Gasteiger partial charge in [-0.3, -0.25) is 0 Å². The molecule has 4 heteroatoms. The fourth-order valence-corrected chi connectivity index (χ4v) is 3.75. The third-order valence-electron chi connectivity index (χ3n) is 4.05. The van der Waals surface area contributed by atoms with E-state index in [0.717, 1.165) is 26.0 Å². The molecule has 0 spiro atoms. The van der Waals surface area contributed by atoms with Crippen LogP contribution in [0.2, 0.25) is 0 Å². The van der Waals surface area contributed by atoms with Crippen molar-refractivity contribution in [3.05, 3.63) is 15.6 Å². The van der Waals surface area contributed by atoms with Gasteiger partial charge in [-0.1, -0.05) is 39.5 Å². The van der Waals surface area contributed by atoms with Crippen LogP contribution in [-0.4, -0.2) is 25.2 Å². The quantitative estimate of drug-likeness (QED) is 0.614. The number of ether oxygens (including phenoxy) is 1. The summed E-state index contributed by atoms with van der Waals surface area (Å²) in [6.07, 6.45) is 7.34. The molecular weight excluding hydrogens is 280 g/mol. The molecule has 1 atom stereocenters. The Hall–Kier alpha value is -0.450. The van der Waals surface area contributed by atoms with Gasteiger partial charge >= 0.3 is 0 Å². The molecule has 122 valence electrons. The lowest BCUT2D eigenvalue weighted by atomic mass is 9.94. The molecule has 1 N–H and O–H groups in total. The van der Waals surface area contributed by atoms with Gasteiger partial charge in [-0.2, -0.15) is 0 Å². The van der Waals surface area contributed by atoms with E-state index in [4.69, 9.17) is 9.72 Å². The molecule has 0 saturated carbocycles. The van der Waals surface area contributed by atoms with Crippen molar-refractivity contribution < 1.29 is 4.74 Å². The lowest BCUT2D eigenvalue weighted by Crippen LogP contribution is -2.41. The average molecular weight is 313 g/mol. The molecule has 0 aliphatic heterocycles. The van der Waals surface area contributed by atoms with Crippen LogP contribution in [0.25, 0.3) is 0 Å². The van der Waals surface area contributed by atoms with Crippen LogP contribution in [0.3, 0.4) is 0 Å². The molecule has 1 unspecified atom stereocenters. The van der Waals surface area contributed by atoms with Crippen molar-refractivity contribution >= 4 is 11.3 Å². The van der Waals surface area contributed by atoms with Gasteiger partial charge in [0, 0.05) is 18.5 Å². The van der Waals surface area contributed by atoms with Crippen LogP contribution in [-0.2, 0) is 16.7 Å². The Kier molecular flexibility index (Phi) is 8.45. The first-order chi connectivity index (χ1) is 10.1. The maximum absolute atomic E-state index is 5.19. The number of hydrogen-bond donors (Lipinski definition) is 1. The molecule has 0 aromatic carbocycles. The van der Waals surface area contributed by atoms with Gasteiger partial charge in [-0.05, 0) is 26.7 Å². The Labute approximate surface area is 134 Å². The van der Waals surface area contributed by atoms with Crippen LogP contribution in [0.1, 0.15) is 68.5 Å². The number of unbranched alkanes of at least 4 members (excludes halogenated alkanes) is 3. The summed E-state index contributed by atoms with van der Waals surface area (Å²) in [6.45, 7) is 10.5. The molecule has 0 amide bonds. The summed E-state index contributed by atoms with van der Waals surface area (Å²) in [5.41, 5.74) is 1.23. The highest BCUT2D eigenvalue weighted by molar-refractivity contribution is 7.11. The fraction of sp³-hybridized carbons (Fsp3) is 0.824. The van der Waals surface area contributed by atoms with Crippen molar-refractivity contribution in [2.75, 3.05) is 20.3 Å². The number of nitrogens with zero attached hydrogens (tertiary/aromatic N) is 1. The van der Waals surface area contributed by atoms with Crippen LogP contribution in [0.15, 0.2) is 0 Å². The summed E-state index contributed by atoms with van der Waals surface area (Å²) in [7, 11) is 1.75. The third kappa shape index (κ3) is 5.68. The Bertz CT molecular complexity index is 405. The van der Waals surface area contributed by atoms with E-state index in [2.05, 4.69) is 33.0 Å². The first kappa shape index (κ1) is 18.6. The predicted molar refractivity (Wildman–Crippen MR) is 92.2 cm³/mol. The van der Waals surface area contributed by atoms with Crippen LogP contribution < -0.4 is 5.32 Å². The maximum atomic E-state index is 5.19. The van der Waals surface area contributed by atoms with Crippen LogP contribution in [0.4, 0.5) is 0 Å². The first-order valence-electron chi connectivity index (χ1n) is 8.28. The summed E-state index contributed by atoms with van der Waals surface area (Å²) < 4.78 is 5.19. The molecule has 0 radical (unpaired) electrons. The molecule has 21 heavy (non-hydrogen) atoms. The first-order valence-corrected chi connectivity index (χ1v) is 9.09. The van der Waals surface area contributed by atoms with E-state index in [-0.39, 0.29) is 5.54 Å². The normalized spacial score (nSPS) is 14.3. The van der Waals surface area contributed by atoms with Gasteiger partial charge in [0.05, 0.1) is 17.8 Å². The van der Waals surface area contributed by atoms with Gasteiger partial charge in [0.15, 0.2) is 0 Å². The molecule has 1 aromatic heterocycles. The number of rotatable bonds is 11. The summed E-state index contributed by atoms with van der Waals surface area (Å²) in [5.74, 6) is 0. The summed E-state index contributed by atoms with van der Waals surface area (Å²) in [5, 5.41) is 4.92. The summed E-state index contributed by atoms with van der Waals surface area (Å²) in [4.78, 5) is 6.26. The topological polar surface area (TPSA) is 34.1 Å². The minimum Gasteiger partial charge on any atom is -0.383 e. The second-order valence-corrected chi connectivity index (χ2v) is 7.14. The van der Waals surface area contributed by atoms with E-state index in [0.29, 0.717) is 0 Å². The van der Waals surface area contributed by atoms with Gasteiger partial charge < -0.3 is 10.1 Å². The number of methoxy groups -OCH3 is 1. The second-order valence-electron chi connectivity index (χ2n) is 5.94. The van der Waals surface area contributed by atoms with Crippen LogP contribution in [0.5, 0.6) is 0 Å². The van der Waals surface area contributed by atoms with Crippen molar-refractivity contribution in [3.63, 3.8) is 0 Å². The second kappa shape index (κ2) is 9.54. The Balaban J connectivity index is 2.77. The standard InChI is InChI=1S/C17H32N2OS/c1-6-8-9-10-11-17(4,18-12-13-20-5)16-19-15(7-2)14(3)21-16/h18H,6-13H2,1-5H3. The highest BCUT2D eigenvalue weighted by Gasteiger charge is 2.29. The minimum atomic E-state index is -0.0187. The minimum absolute atomic E-state index is 0.0187.